The number of benzene rings is 1. The average molecular weight is 213 g/mol. The first-order valence-electron chi connectivity index (χ1n) is 4.57. The Morgan fingerprint density at radius 3 is 2.79 bits per heavy atom. The van der Waals surface area contributed by atoms with E-state index in [1.165, 1.54) is 0 Å². The number of rotatable bonds is 4. The van der Waals surface area contributed by atoms with Crippen LogP contribution in [0.2, 0.25) is 5.02 Å². The van der Waals surface area contributed by atoms with Gasteiger partial charge in [0, 0.05) is 0 Å². The van der Waals surface area contributed by atoms with Crippen LogP contribution >= 0.6 is 11.6 Å². The summed E-state index contributed by atoms with van der Waals surface area (Å²) in [5.41, 5.74) is 1.48. The molecule has 0 aromatic heterocycles. The second-order valence-electron chi connectivity index (χ2n) is 3.13. The lowest BCUT2D eigenvalue weighted by atomic mass is 10.1. The summed E-state index contributed by atoms with van der Waals surface area (Å²) in [6, 6.07) is 3.56. The lowest BCUT2D eigenvalue weighted by Crippen LogP contribution is -1.99. The maximum absolute atomic E-state index is 10.8. The first kappa shape index (κ1) is 11.1. The van der Waals surface area contributed by atoms with Crippen molar-refractivity contribution in [3.05, 3.63) is 28.3 Å². The van der Waals surface area contributed by atoms with Gasteiger partial charge in [-0.3, -0.25) is 4.79 Å². The Morgan fingerprint density at radius 1 is 1.50 bits per heavy atom. The first-order chi connectivity index (χ1) is 6.69. The fraction of sp³-hybridized carbons (Fsp3) is 0.364. The lowest BCUT2D eigenvalue weighted by molar-refractivity contribution is 0.111. The first-order valence-corrected chi connectivity index (χ1v) is 4.95. The summed E-state index contributed by atoms with van der Waals surface area (Å²) in [6.45, 7) is 4.47. The van der Waals surface area contributed by atoms with Gasteiger partial charge in [-0.1, -0.05) is 18.5 Å². The van der Waals surface area contributed by atoms with E-state index in [1.54, 1.807) is 12.1 Å². The summed E-state index contributed by atoms with van der Waals surface area (Å²) >= 11 is 5.97. The van der Waals surface area contributed by atoms with Crippen LogP contribution < -0.4 is 4.74 Å². The van der Waals surface area contributed by atoms with Gasteiger partial charge in [0.15, 0.2) is 6.29 Å². The quantitative estimate of drug-likeness (QED) is 0.717. The molecule has 14 heavy (non-hydrogen) atoms. The van der Waals surface area contributed by atoms with E-state index in [-0.39, 0.29) is 0 Å². The molecule has 0 amide bonds. The second kappa shape index (κ2) is 5.01. The molecule has 0 unspecified atom stereocenters. The molecule has 0 radical (unpaired) electrons. The zero-order valence-corrected chi connectivity index (χ0v) is 9.10. The predicted molar refractivity (Wildman–Crippen MR) is 57.4 cm³/mol. The molecule has 0 N–H and O–H groups in total. The minimum Gasteiger partial charge on any atom is -0.491 e. The molecule has 0 aliphatic heterocycles. The molecule has 3 heteroatoms. The Hall–Kier alpha value is -1.02. The molecule has 0 aliphatic carbocycles. The fourth-order valence-corrected chi connectivity index (χ4v) is 1.54. The van der Waals surface area contributed by atoms with Gasteiger partial charge in [-0.05, 0) is 31.0 Å². The van der Waals surface area contributed by atoms with Gasteiger partial charge in [0.05, 0.1) is 17.2 Å². The zero-order valence-electron chi connectivity index (χ0n) is 8.34. The number of ether oxygens (including phenoxy) is 1. The number of aryl methyl sites for hydroxylation is 1. The van der Waals surface area contributed by atoms with Crippen LogP contribution in [-0.4, -0.2) is 12.9 Å². The van der Waals surface area contributed by atoms with Crippen molar-refractivity contribution in [3.8, 4) is 5.75 Å². The highest BCUT2D eigenvalue weighted by atomic mass is 35.5. The van der Waals surface area contributed by atoms with Crippen molar-refractivity contribution >= 4 is 17.9 Å². The van der Waals surface area contributed by atoms with Crippen LogP contribution in [0.3, 0.4) is 0 Å². The van der Waals surface area contributed by atoms with Crippen LogP contribution in [0.5, 0.6) is 5.75 Å². The summed E-state index contributed by atoms with van der Waals surface area (Å²) in [7, 11) is 0. The van der Waals surface area contributed by atoms with Gasteiger partial charge in [0.1, 0.15) is 5.75 Å². The third kappa shape index (κ3) is 2.48. The highest BCUT2D eigenvalue weighted by Gasteiger charge is 2.08. The zero-order chi connectivity index (χ0) is 10.6. The maximum atomic E-state index is 10.8. The number of halogens is 1. The molecule has 0 bridgehead atoms. The molecular weight excluding hydrogens is 200 g/mol. The Labute approximate surface area is 88.8 Å². The average Bonchev–Trinajstić information content (AvgIpc) is 2.15. The van der Waals surface area contributed by atoms with E-state index >= 15 is 0 Å². The Kier molecular flexibility index (Phi) is 3.96. The smallest absolute Gasteiger partial charge is 0.153 e. The summed E-state index contributed by atoms with van der Waals surface area (Å²) in [4.78, 5) is 10.8. The molecule has 2 nitrogen and oxygen atoms in total. The molecule has 0 spiro atoms. The van der Waals surface area contributed by atoms with E-state index in [0.29, 0.717) is 22.9 Å². The Bertz CT molecular complexity index is 334. The van der Waals surface area contributed by atoms with Crippen LogP contribution in [0.15, 0.2) is 12.1 Å². The van der Waals surface area contributed by atoms with Gasteiger partial charge in [-0.2, -0.15) is 0 Å². The molecular formula is C11H13ClO2. The van der Waals surface area contributed by atoms with Crippen molar-refractivity contribution in [1.29, 1.82) is 0 Å². The minimum absolute atomic E-state index is 0.495. The summed E-state index contributed by atoms with van der Waals surface area (Å²) in [6.07, 6.45) is 1.66. The van der Waals surface area contributed by atoms with Crippen LogP contribution in [0, 0.1) is 6.92 Å². The van der Waals surface area contributed by atoms with Crippen molar-refractivity contribution in [2.45, 2.75) is 20.3 Å². The van der Waals surface area contributed by atoms with Crippen molar-refractivity contribution in [2.75, 3.05) is 6.61 Å². The lowest BCUT2D eigenvalue weighted by Gasteiger charge is -2.09. The topological polar surface area (TPSA) is 26.3 Å². The third-order valence-corrected chi connectivity index (χ3v) is 2.07. The molecule has 0 atom stereocenters. The van der Waals surface area contributed by atoms with Crippen molar-refractivity contribution in [1.82, 2.24) is 0 Å². The van der Waals surface area contributed by atoms with Crippen molar-refractivity contribution in [2.24, 2.45) is 0 Å². The fourth-order valence-electron chi connectivity index (χ4n) is 1.20. The van der Waals surface area contributed by atoms with E-state index in [2.05, 4.69) is 0 Å². The van der Waals surface area contributed by atoms with E-state index in [1.807, 2.05) is 13.8 Å². The summed E-state index contributed by atoms with van der Waals surface area (Å²) < 4.78 is 5.40. The number of hydrogen-bond donors (Lipinski definition) is 0. The van der Waals surface area contributed by atoms with E-state index in [4.69, 9.17) is 16.3 Å². The number of hydrogen-bond acceptors (Lipinski definition) is 2. The van der Waals surface area contributed by atoms with E-state index in [9.17, 15) is 4.79 Å². The number of carbonyl (C=O) groups is 1. The molecule has 0 heterocycles. The molecule has 1 aromatic rings. The standard InChI is InChI=1S/C11H13ClO2/c1-3-4-14-11-9(7-13)5-8(2)6-10(11)12/h5-7H,3-4H2,1-2H3. The molecule has 0 aliphatic rings. The van der Waals surface area contributed by atoms with Crippen molar-refractivity contribution in [3.63, 3.8) is 0 Å². The van der Waals surface area contributed by atoms with Crippen LogP contribution in [0.1, 0.15) is 29.3 Å². The highest BCUT2D eigenvalue weighted by Crippen LogP contribution is 2.29. The minimum atomic E-state index is 0.495. The van der Waals surface area contributed by atoms with Crippen LogP contribution in [-0.2, 0) is 0 Å². The monoisotopic (exact) mass is 212 g/mol. The molecule has 0 fully saturated rings. The van der Waals surface area contributed by atoms with Crippen molar-refractivity contribution < 1.29 is 9.53 Å². The Morgan fingerprint density at radius 2 is 2.21 bits per heavy atom. The van der Waals surface area contributed by atoms with Gasteiger partial charge < -0.3 is 4.74 Å². The van der Waals surface area contributed by atoms with Gasteiger partial charge in [0.25, 0.3) is 0 Å². The van der Waals surface area contributed by atoms with Gasteiger partial charge in [-0.15, -0.1) is 0 Å². The van der Waals surface area contributed by atoms with Gasteiger partial charge in [0.2, 0.25) is 0 Å². The molecule has 0 saturated heterocycles. The van der Waals surface area contributed by atoms with Crippen LogP contribution in [0.25, 0.3) is 0 Å². The highest BCUT2D eigenvalue weighted by molar-refractivity contribution is 6.32. The third-order valence-electron chi connectivity index (χ3n) is 1.79. The van der Waals surface area contributed by atoms with Gasteiger partial charge in [-0.25, -0.2) is 0 Å². The molecule has 0 saturated carbocycles. The van der Waals surface area contributed by atoms with E-state index < -0.39 is 0 Å². The second-order valence-corrected chi connectivity index (χ2v) is 3.54. The normalized spacial score (nSPS) is 9.93. The summed E-state index contributed by atoms with van der Waals surface area (Å²) in [5.74, 6) is 0.495. The Balaban J connectivity index is 3.05. The molecule has 1 aromatic carbocycles. The largest absolute Gasteiger partial charge is 0.491 e. The number of aldehydes is 1. The molecule has 1 rings (SSSR count). The maximum Gasteiger partial charge on any atom is 0.153 e. The molecule has 76 valence electrons. The summed E-state index contributed by atoms with van der Waals surface area (Å²) in [5, 5.41) is 0.501. The van der Waals surface area contributed by atoms with E-state index in [0.717, 1.165) is 18.3 Å². The SMILES string of the molecule is CCCOc1c(Cl)cc(C)cc1C=O. The predicted octanol–water partition coefficient (Wildman–Crippen LogP) is 3.25. The number of carbonyl (C=O) groups excluding carboxylic acids is 1. The van der Waals surface area contributed by atoms with Gasteiger partial charge >= 0.3 is 0 Å². The van der Waals surface area contributed by atoms with Crippen LogP contribution in [0.4, 0.5) is 0 Å².